The Labute approximate surface area is 132 Å². The van der Waals surface area contributed by atoms with Gasteiger partial charge in [0.15, 0.2) is 5.41 Å². The van der Waals surface area contributed by atoms with Crippen LogP contribution in [0.1, 0.15) is 25.7 Å². The number of aliphatic hydroxyl groups is 1. The van der Waals surface area contributed by atoms with Gasteiger partial charge < -0.3 is 15.2 Å². The van der Waals surface area contributed by atoms with E-state index in [1.165, 1.54) is 13.2 Å². The number of aliphatic hydroxyl groups excluding tert-OH is 1. The minimum absolute atomic E-state index is 0.132. The Morgan fingerprint density at radius 2 is 2.33 bits per heavy atom. The van der Waals surface area contributed by atoms with Crippen LogP contribution in [0.3, 0.4) is 0 Å². The zero-order valence-electron chi connectivity index (χ0n) is 11.8. The van der Waals surface area contributed by atoms with Gasteiger partial charge in [-0.25, -0.2) is 0 Å². The number of rotatable bonds is 1. The van der Waals surface area contributed by atoms with Gasteiger partial charge in [0.05, 0.1) is 19.1 Å². The number of carbonyl (C=O) groups excluding carboxylic acids is 2. The van der Waals surface area contributed by atoms with Gasteiger partial charge in [-0.1, -0.05) is 21.9 Å². The molecule has 0 spiro atoms. The molecule has 2 aliphatic rings. The average Bonchev–Trinajstić information content (AvgIpc) is 2.48. The molecule has 6 heteroatoms. The largest absolute Gasteiger partial charge is 0.468 e. The fraction of sp³-hybridized carbons (Fsp3) is 0.600. The number of halogens is 1. The fourth-order valence-electron chi connectivity index (χ4n) is 2.68. The van der Waals surface area contributed by atoms with Gasteiger partial charge in [-0.15, -0.1) is 5.92 Å². The first-order valence-corrected chi connectivity index (χ1v) is 7.73. The molecule has 1 amide bonds. The molecule has 0 radical (unpaired) electrons. The molecule has 0 bridgehead atoms. The van der Waals surface area contributed by atoms with Crippen LogP contribution in [0.5, 0.6) is 0 Å². The second-order valence-corrected chi connectivity index (χ2v) is 6.16. The quantitative estimate of drug-likeness (QED) is 0.545. The van der Waals surface area contributed by atoms with Crippen molar-refractivity contribution in [2.45, 2.75) is 31.8 Å². The normalized spacial score (nSPS) is 32.7. The van der Waals surface area contributed by atoms with E-state index in [9.17, 15) is 14.7 Å². The lowest BCUT2D eigenvalue weighted by atomic mass is 9.69. The zero-order chi connectivity index (χ0) is 15.5. The van der Waals surface area contributed by atoms with E-state index in [4.69, 9.17) is 4.74 Å². The summed E-state index contributed by atoms with van der Waals surface area (Å²) in [5.74, 6) is 4.32. The SMILES string of the molecule is COC(=O)[C@]12C#CCCCCNC(=O)[C@H]1C[C@H](O)C(Br)=C2. The van der Waals surface area contributed by atoms with Crippen LogP contribution in [-0.4, -0.2) is 36.7 Å². The molecule has 0 fully saturated rings. The minimum Gasteiger partial charge on any atom is -0.468 e. The Bertz CT molecular complexity index is 534. The summed E-state index contributed by atoms with van der Waals surface area (Å²) in [6.07, 6.45) is 3.21. The van der Waals surface area contributed by atoms with Crippen LogP contribution in [0.4, 0.5) is 0 Å². The number of methoxy groups -OCH3 is 1. The lowest BCUT2D eigenvalue weighted by Gasteiger charge is -2.36. The Morgan fingerprint density at radius 1 is 1.57 bits per heavy atom. The van der Waals surface area contributed by atoms with Crippen molar-refractivity contribution in [1.29, 1.82) is 0 Å². The molecule has 1 heterocycles. The van der Waals surface area contributed by atoms with Crippen molar-refractivity contribution in [3.63, 3.8) is 0 Å². The zero-order valence-corrected chi connectivity index (χ0v) is 13.4. The molecule has 3 atom stereocenters. The Hall–Kier alpha value is -1.32. The highest BCUT2D eigenvalue weighted by Gasteiger charge is 2.51. The lowest BCUT2D eigenvalue weighted by Crippen LogP contribution is -2.49. The van der Waals surface area contributed by atoms with Gasteiger partial charge in [0, 0.05) is 17.4 Å². The van der Waals surface area contributed by atoms with E-state index < -0.39 is 23.4 Å². The van der Waals surface area contributed by atoms with Crippen molar-refractivity contribution in [2.24, 2.45) is 11.3 Å². The van der Waals surface area contributed by atoms with Crippen molar-refractivity contribution < 1.29 is 19.4 Å². The molecule has 5 nitrogen and oxygen atoms in total. The smallest absolute Gasteiger partial charge is 0.328 e. The fourth-order valence-corrected chi connectivity index (χ4v) is 3.22. The summed E-state index contributed by atoms with van der Waals surface area (Å²) in [5, 5.41) is 12.8. The number of hydrogen-bond acceptors (Lipinski definition) is 4. The molecule has 1 aliphatic carbocycles. The predicted octanol–water partition coefficient (Wildman–Crippen LogP) is 1.11. The van der Waals surface area contributed by atoms with Gasteiger partial charge in [0.2, 0.25) is 5.91 Å². The summed E-state index contributed by atoms with van der Waals surface area (Å²) < 4.78 is 5.34. The highest BCUT2D eigenvalue weighted by Crippen LogP contribution is 2.42. The Balaban J connectivity index is 2.55. The van der Waals surface area contributed by atoms with E-state index in [2.05, 4.69) is 33.1 Å². The molecule has 21 heavy (non-hydrogen) atoms. The van der Waals surface area contributed by atoms with Crippen molar-refractivity contribution in [2.75, 3.05) is 13.7 Å². The highest BCUT2D eigenvalue weighted by molar-refractivity contribution is 9.11. The van der Waals surface area contributed by atoms with Crippen molar-refractivity contribution in [3.05, 3.63) is 10.6 Å². The van der Waals surface area contributed by atoms with Crippen LogP contribution in [-0.2, 0) is 14.3 Å². The van der Waals surface area contributed by atoms with E-state index in [1.54, 1.807) is 0 Å². The molecule has 114 valence electrons. The van der Waals surface area contributed by atoms with Crippen molar-refractivity contribution >= 4 is 27.8 Å². The van der Waals surface area contributed by atoms with E-state index in [0.717, 1.165) is 12.8 Å². The Kier molecular flexibility index (Phi) is 5.07. The Morgan fingerprint density at radius 3 is 3.05 bits per heavy atom. The summed E-state index contributed by atoms with van der Waals surface area (Å²) >= 11 is 3.25. The van der Waals surface area contributed by atoms with Crippen LogP contribution in [0.25, 0.3) is 0 Å². The molecule has 0 saturated heterocycles. The summed E-state index contributed by atoms with van der Waals surface area (Å²) in [5.41, 5.74) is -1.34. The summed E-state index contributed by atoms with van der Waals surface area (Å²) in [6, 6.07) is 0. The molecular weight excluding hydrogens is 338 g/mol. The number of carbonyl (C=O) groups is 2. The molecule has 0 aromatic carbocycles. The number of fused-ring (bicyclic) bond motifs is 1. The van der Waals surface area contributed by atoms with Crippen LogP contribution < -0.4 is 5.32 Å². The van der Waals surface area contributed by atoms with E-state index in [0.29, 0.717) is 17.4 Å². The van der Waals surface area contributed by atoms with Gasteiger partial charge in [0.1, 0.15) is 0 Å². The van der Waals surface area contributed by atoms with Gasteiger partial charge in [-0.2, -0.15) is 0 Å². The highest BCUT2D eigenvalue weighted by atomic mass is 79.9. The number of hydrogen-bond donors (Lipinski definition) is 2. The second-order valence-electron chi connectivity index (χ2n) is 5.24. The van der Waals surface area contributed by atoms with Crippen molar-refractivity contribution in [3.8, 4) is 11.8 Å². The molecule has 2 rings (SSSR count). The topological polar surface area (TPSA) is 75.6 Å². The molecule has 0 saturated carbocycles. The monoisotopic (exact) mass is 355 g/mol. The van der Waals surface area contributed by atoms with E-state index in [-0.39, 0.29) is 12.3 Å². The molecule has 0 aromatic heterocycles. The van der Waals surface area contributed by atoms with Crippen LogP contribution in [0.2, 0.25) is 0 Å². The lowest BCUT2D eigenvalue weighted by molar-refractivity contribution is -0.153. The molecule has 2 N–H and O–H groups in total. The molecule has 0 aromatic rings. The maximum absolute atomic E-state index is 12.4. The van der Waals surface area contributed by atoms with E-state index >= 15 is 0 Å². The first kappa shape index (κ1) is 16.1. The third-order valence-corrected chi connectivity index (χ3v) is 4.61. The molecule has 1 aliphatic heterocycles. The van der Waals surface area contributed by atoms with Gasteiger partial charge in [0.25, 0.3) is 0 Å². The first-order chi connectivity index (χ1) is 10.0. The van der Waals surface area contributed by atoms with E-state index in [1.807, 2.05) is 0 Å². The second kappa shape index (κ2) is 6.63. The minimum atomic E-state index is -1.34. The number of nitrogens with one attached hydrogen (secondary N) is 1. The summed E-state index contributed by atoms with van der Waals surface area (Å²) in [6.45, 7) is 0.551. The summed E-state index contributed by atoms with van der Waals surface area (Å²) in [4.78, 5) is 24.7. The van der Waals surface area contributed by atoms with Gasteiger partial charge >= 0.3 is 5.97 Å². The summed E-state index contributed by atoms with van der Waals surface area (Å²) in [7, 11) is 1.28. The third-order valence-electron chi connectivity index (χ3n) is 3.86. The van der Waals surface area contributed by atoms with Crippen LogP contribution in [0, 0.1) is 23.2 Å². The van der Waals surface area contributed by atoms with Crippen LogP contribution >= 0.6 is 15.9 Å². The maximum Gasteiger partial charge on any atom is 0.328 e. The predicted molar refractivity (Wildman–Crippen MR) is 80.2 cm³/mol. The van der Waals surface area contributed by atoms with Gasteiger partial charge in [-0.3, -0.25) is 9.59 Å². The first-order valence-electron chi connectivity index (χ1n) is 6.93. The number of esters is 1. The number of amides is 1. The average molecular weight is 356 g/mol. The standard InChI is InChI=1S/C15H18BrNO4/c1-21-14(20)15-6-4-2-3-5-7-17-13(19)10(15)8-12(18)11(16)9-15/h9-10,12,18H,2-3,5,7-8H2,1H3,(H,17,19)/t10-,12+,15+/m1/s1. The van der Waals surface area contributed by atoms with Gasteiger partial charge in [-0.05, 0) is 25.3 Å². The number of ether oxygens (including phenoxy) is 1. The molecule has 0 unspecified atom stereocenters. The van der Waals surface area contributed by atoms with Crippen molar-refractivity contribution in [1.82, 2.24) is 5.32 Å². The molecular formula is C15H18BrNO4. The maximum atomic E-state index is 12.4. The third kappa shape index (κ3) is 3.14. The van der Waals surface area contributed by atoms with Crippen LogP contribution in [0.15, 0.2) is 10.6 Å².